The number of aromatic nitrogens is 2. The van der Waals surface area contributed by atoms with Gasteiger partial charge in [-0.3, -0.25) is 0 Å². The number of aliphatic hydroxyl groups is 1. The number of fused-ring (bicyclic) bond motifs is 2. The molecule has 0 spiro atoms. The first-order chi connectivity index (χ1) is 14.1. The minimum Gasteiger partial charge on any atom is -0.388 e. The predicted octanol–water partition coefficient (Wildman–Crippen LogP) is 5.66. The van der Waals surface area contributed by atoms with Gasteiger partial charge in [0.2, 0.25) is 0 Å². The fraction of sp³-hybridized carbons (Fsp3) is 0.346. The maximum Gasteiger partial charge on any atom is 0.0826 e. The highest BCUT2D eigenvalue weighted by atomic mass is 16.3. The Kier molecular flexibility index (Phi) is 4.44. The molecule has 29 heavy (non-hydrogen) atoms. The average Bonchev–Trinajstić information content (AvgIpc) is 3.14. The van der Waals surface area contributed by atoms with Crippen molar-refractivity contribution in [1.29, 1.82) is 0 Å². The van der Waals surface area contributed by atoms with Gasteiger partial charge in [-0.15, -0.1) is 0 Å². The van der Waals surface area contributed by atoms with Crippen molar-refractivity contribution < 1.29 is 5.11 Å². The standard InChI is InChI=1S/C26H28N2O/c1-18-11-13-22(14-12-18)28-24-15-21-9-6-10-23(25(29)19-7-4-3-5-8-19)26(21,2)16-20(24)17-27-28/h3-5,7-8,11-15,17,23,25,29H,6,9-10,16H2,1-2H3/t23-,25+,26+/m1/s1. The molecule has 0 radical (unpaired) electrons. The number of allylic oxidation sites excluding steroid dienone is 1. The summed E-state index contributed by atoms with van der Waals surface area (Å²) in [5, 5.41) is 16.0. The zero-order valence-electron chi connectivity index (χ0n) is 17.2. The summed E-state index contributed by atoms with van der Waals surface area (Å²) in [6, 6.07) is 18.7. The molecular weight excluding hydrogens is 356 g/mol. The van der Waals surface area contributed by atoms with Crippen LogP contribution < -0.4 is 0 Å². The zero-order valence-corrected chi connectivity index (χ0v) is 17.2. The highest BCUT2D eigenvalue weighted by Gasteiger charge is 2.46. The van der Waals surface area contributed by atoms with Gasteiger partial charge in [0.05, 0.1) is 23.7 Å². The molecule has 1 aromatic heterocycles. The number of hydrogen-bond donors (Lipinski definition) is 1. The molecule has 2 aliphatic carbocycles. The summed E-state index contributed by atoms with van der Waals surface area (Å²) in [5.74, 6) is 0.223. The Morgan fingerprint density at radius 1 is 1.10 bits per heavy atom. The maximum atomic E-state index is 11.3. The van der Waals surface area contributed by atoms with Gasteiger partial charge >= 0.3 is 0 Å². The fourth-order valence-corrected chi connectivity index (χ4v) is 5.36. The molecule has 3 aromatic rings. The Morgan fingerprint density at radius 3 is 2.62 bits per heavy atom. The number of hydrogen-bond acceptors (Lipinski definition) is 2. The largest absolute Gasteiger partial charge is 0.388 e. The lowest BCUT2D eigenvalue weighted by Gasteiger charge is -2.47. The molecular formula is C26H28N2O. The zero-order chi connectivity index (χ0) is 20.0. The molecule has 0 saturated heterocycles. The van der Waals surface area contributed by atoms with E-state index in [1.807, 2.05) is 24.4 Å². The highest BCUT2D eigenvalue weighted by molar-refractivity contribution is 5.61. The van der Waals surface area contributed by atoms with Crippen LogP contribution in [0, 0.1) is 18.3 Å². The average molecular weight is 385 g/mol. The molecule has 0 unspecified atom stereocenters. The van der Waals surface area contributed by atoms with Gasteiger partial charge in [0.15, 0.2) is 0 Å². The molecule has 0 aliphatic heterocycles. The van der Waals surface area contributed by atoms with Gasteiger partial charge in [0, 0.05) is 0 Å². The summed E-state index contributed by atoms with van der Waals surface area (Å²) in [7, 11) is 0. The van der Waals surface area contributed by atoms with E-state index in [2.05, 4.69) is 61.0 Å². The van der Waals surface area contributed by atoms with E-state index < -0.39 is 6.10 Å². The summed E-state index contributed by atoms with van der Waals surface area (Å²) in [4.78, 5) is 0. The summed E-state index contributed by atoms with van der Waals surface area (Å²) in [5.41, 5.74) is 7.31. The third-order valence-corrected chi connectivity index (χ3v) is 7.07. The molecule has 3 atom stereocenters. The van der Waals surface area contributed by atoms with Gasteiger partial charge in [0.25, 0.3) is 0 Å². The minimum absolute atomic E-state index is 0.0261. The molecule has 2 aliphatic rings. The summed E-state index contributed by atoms with van der Waals surface area (Å²) in [6.07, 6.45) is 8.18. The van der Waals surface area contributed by atoms with E-state index in [1.54, 1.807) is 0 Å². The summed E-state index contributed by atoms with van der Waals surface area (Å²) in [6.45, 7) is 4.46. The quantitative estimate of drug-likeness (QED) is 0.633. The van der Waals surface area contributed by atoms with Crippen LogP contribution >= 0.6 is 0 Å². The third-order valence-electron chi connectivity index (χ3n) is 7.07. The minimum atomic E-state index is -0.432. The molecule has 1 heterocycles. The van der Waals surface area contributed by atoms with Crippen LogP contribution in [0.1, 0.15) is 54.7 Å². The Hall–Kier alpha value is -2.65. The molecule has 5 rings (SSSR count). The van der Waals surface area contributed by atoms with Crippen LogP contribution in [0.25, 0.3) is 11.8 Å². The Morgan fingerprint density at radius 2 is 1.86 bits per heavy atom. The van der Waals surface area contributed by atoms with E-state index in [0.29, 0.717) is 0 Å². The van der Waals surface area contributed by atoms with Gasteiger partial charge in [-0.05, 0) is 73.3 Å². The third kappa shape index (κ3) is 3.05. The van der Waals surface area contributed by atoms with E-state index in [-0.39, 0.29) is 11.3 Å². The second kappa shape index (κ2) is 7.00. The first-order valence-electron chi connectivity index (χ1n) is 10.6. The van der Waals surface area contributed by atoms with Crippen LogP contribution in [0.5, 0.6) is 0 Å². The Bertz CT molecular complexity index is 1050. The van der Waals surface area contributed by atoms with E-state index >= 15 is 0 Å². The molecule has 0 bridgehead atoms. The van der Waals surface area contributed by atoms with Crippen molar-refractivity contribution in [2.24, 2.45) is 11.3 Å². The monoisotopic (exact) mass is 384 g/mol. The van der Waals surface area contributed by atoms with E-state index in [9.17, 15) is 5.11 Å². The highest BCUT2D eigenvalue weighted by Crippen LogP contribution is 2.54. The van der Waals surface area contributed by atoms with Crippen LogP contribution in [-0.2, 0) is 6.42 Å². The normalized spacial score (nSPS) is 24.4. The van der Waals surface area contributed by atoms with Gasteiger partial charge in [-0.1, -0.05) is 60.5 Å². The van der Waals surface area contributed by atoms with Crippen molar-refractivity contribution in [3.63, 3.8) is 0 Å². The first kappa shape index (κ1) is 18.4. The van der Waals surface area contributed by atoms with Crippen molar-refractivity contribution in [3.8, 4) is 5.69 Å². The van der Waals surface area contributed by atoms with Crippen molar-refractivity contribution >= 4 is 6.08 Å². The Labute approximate surface area is 172 Å². The summed E-state index contributed by atoms with van der Waals surface area (Å²) >= 11 is 0. The number of rotatable bonds is 3. The van der Waals surface area contributed by atoms with Gasteiger partial charge in [-0.25, -0.2) is 4.68 Å². The van der Waals surface area contributed by atoms with Gasteiger partial charge < -0.3 is 5.11 Å². The smallest absolute Gasteiger partial charge is 0.0826 e. The maximum absolute atomic E-state index is 11.3. The van der Waals surface area contributed by atoms with Crippen LogP contribution in [0.2, 0.25) is 0 Å². The SMILES string of the molecule is Cc1ccc(-n2ncc3c2C=C2CCC[C@H]([C@@H](O)c4ccccc4)[C@@]2(C)C3)cc1. The van der Waals surface area contributed by atoms with Crippen molar-refractivity contribution in [2.45, 2.75) is 45.6 Å². The summed E-state index contributed by atoms with van der Waals surface area (Å²) < 4.78 is 2.07. The van der Waals surface area contributed by atoms with E-state index in [1.165, 1.54) is 22.4 Å². The van der Waals surface area contributed by atoms with Crippen molar-refractivity contribution in [1.82, 2.24) is 9.78 Å². The van der Waals surface area contributed by atoms with Gasteiger partial charge in [0.1, 0.15) is 0 Å². The molecule has 3 heteroatoms. The number of nitrogens with zero attached hydrogens (tertiary/aromatic N) is 2. The molecule has 1 N–H and O–H groups in total. The lowest BCUT2D eigenvalue weighted by atomic mass is 9.57. The van der Waals surface area contributed by atoms with Crippen LogP contribution in [0.4, 0.5) is 0 Å². The molecule has 1 fully saturated rings. The van der Waals surface area contributed by atoms with E-state index in [4.69, 9.17) is 5.10 Å². The predicted molar refractivity (Wildman–Crippen MR) is 117 cm³/mol. The first-order valence-corrected chi connectivity index (χ1v) is 10.6. The lowest BCUT2D eigenvalue weighted by molar-refractivity contribution is 0.0217. The van der Waals surface area contributed by atoms with Crippen molar-refractivity contribution in [2.75, 3.05) is 0 Å². The van der Waals surface area contributed by atoms with E-state index in [0.717, 1.165) is 36.9 Å². The Balaban J connectivity index is 1.53. The second-order valence-electron chi connectivity index (χ2n) is 8.92. The topological polar surface area (TPSA) is 38.0 Å². The number of benzene rings is 2. The molecule has 148 valence electrons. The van der Waals surface area contributed by atoms with Crippen LogP contribution in [-0.4, -0.2) is 14.9 Å². The molecule has 0 amide bonds. The van der Waals surface area contributed by atoms with Gasteiger partial charge in [-0.2, -0.15) is 5.10 Å². The second-order valence-corrected chi connectivity index (χ2v) is 8.92. The fourth-order valence-electron chi connectivity index (χ4n) is 5.36. The molecule has 1 saturated carbocycles. The number of aryl methyl sites for hydroxylation is 1. The van der Waals surface area contributed by atoms with Crippen molar-refractivity contribution in [3.05, 3.63) is 88.8 Å². The number of aliphatic hydroxyl groups excluding tert-OH is 1. The van der Waals surface area contributed by atoms with Crippen LogP contribution in [0.3, 0.4) is 0 Å². The molecule has 2 aromatic carbocycles. The molecule has 3 nitrogen and oxygen atoms in total. The van der Waals surface area contributed by atoms with Crippen LogP contribution in [0.15, 0.2) is 66.4 Å². The lowest BCUT2D eigenvalue weighted by Crippen LogP contribution is -2.40.